The van der Waals surface area contributed by atoms with Crippen LogP contribution in [0.25, 0.3) is 0 Å². The lowest BCUT2D eigenvalue weighted by Crippen LogP contribution is -2.38. The summed E-state index contributed by atoms with van der Waals surface area (Å²) in [7, 11) is -1.64. The predicted molar refractivity (Wildman–Crippen MR) is 69.9 cm³/mol. The molecule has 1 saturated heterocycles. The van der Waals surface area contributed by atoms with Gasteiger partial charge in [0.1, 0.15) is 4.21 Å². The van der Waals surface area contributed by atoms with E-state index in [2.05, 4.69) is 5.32 Å². The van der Waals surface area contributed by atoms with E-state index in [0.29, 0.717) is 16.8 Å². The second-order valence-corrected chi connectivity index (χ2v) is 8.00. The largest absolute Gasteiger partial charge is 0.313 e. The minimum atomic E-state index is -3.29. The van der Waals surface area contributed by atoms with Crippen molar-refractivity contribution in [1.29, 1.82) is 0 Å². The highest BCUT2D eigenvalue weighted by molar-refractivity contribution is 7.91. The van der Waals surface area contributed by atoms with Gasteiger partial charge in [-0.05, 0) is 38.4 Å². The van der Waals surface area contributed by atoms with Crippen molar-refractivity contribution in [2.75, 3.05) is 20.1 Å². The zero-order chi connectivity index (χ0) is 12.5. The Labute approximate surface area is 107 Å². The van der Waals surface area contributed by atoms with E-state index in [4.69, 9.17) is 0 Å². The third-order valence-electron chi connectivity index (χ3n) is 3.02. The number of nitrogens with zero attached hydrogens (tertiary/aromatic N) is 1. The Morgan fingerprint density at radius 1 is 1.53 bits per heavy atom. The van der Waals surface area contributed by atoms with Crippen molar-refractivity contribution in [2.24, 2.45) is 0 Å². The maximum absolute atomic E-state index is 12.2. The van der Waals surface area contributed by atoms with Crippen LogP contribution >= 0.6 is 11.3 Å². The van der Waals surface area contributed by atoms with Crippen LogP contribution in [0.2, 0.25) is 0 Å². The maximum atomic E-state index is 12.2. The Bertz CT molecular complexity index is 475. The summed E-state index contributed by atoms with van der Waals surface area (Å²) in [5.41, 5.74) is 0. The number of rotatable bonds is 4. The fourth-order valence-electron chi connectivity index (χ4n) is 2.03. The fourth-order valence-corrected chi connectivity index (χ4v) is 4.74. The van der Waals surface area contributed by atoms with Gasteiger partial charge in [-0.3, -0.25) is 0 Å². The van der Waals surface area contributed by atoms with Crippen LogP contribution in [0.5, 0.6) is 0 Å². The predicted octanol–water partition coefficient (Wildman–Crippen LogP) is 1.43. The van der Waals surface area contributed by atoms with Gasteiger partial charge in [-0.25, -0.2) is 8.42 Å². The molecule has 0 radical (unpaired) electrons. The lowest BCUT2D eigenvalue weighted by molar-refractivity contribution is 0.418. The highest BCUT2D eigenvalue weighted by atomic mass is 32.2. The van der Waals surface area contributed by atoms with E-state index in [-0.39, 0.29) is 0 Å². The van der Waals surface area contributed by atoms with E-state index >= 15 is 0 Å². The summed E-state index contributed by atoms with van der Waals surface area (Å²) >= 11 is 1.33. The Hall–Kier alpha value is -0.430. The van der Waals surface area contributed by atoms with Crippen molar-refractivity contribution in [2.45, 2.75) is 30.0 Å². The van der Waals surface area contributed by atoms with Crippen molar-refractivity contribution in [3.63, 3.8) is 0 Å². The number of aryl methyl sites for hydroxylation is 1. The van der Waals surface area contributed by atoms with E-state index in [9.17, 15) is 8.42 Å². The van der Waals surface area contributed by atoms with Crippen LogP contribution in [0.1, 0.15) is 17.7 Å². The molecule has 1 aliphatic heterocycles. The van der Waals surface area contributed by atoms with Crippen LogP contribution in [0.3, 0.4) is 0 Å². The first-order valence-corrected chi connectivity index (χ1v) is 8.02. The minimum Gasteiger partial charge on any atom is -0.313 e. The lowest BCUT2D eigenvalue weighted by atomic mass is 10.2. The van der Waals surface area contributed by atoms with Crippen LogP contribution in [0.4, 0.5) is 0 Å². The first-order chi connectivity index (χ1) is 8.00. The van der Waals surface area contributed by atoms with Gasteiger partial charge in [0, 0.05) is 24.5 Å². The molecule has 0 aromatic carbocycles. The molecule has 2 heterocycles. The topological polar surface area (TPSA) is 49.4 Å². The normalized spacial score (nSPS) is 21.2. The molecule has 1 atom stereocenters. The Balaban J connectivity index is 2.09. The Kier molecular flexibility index (Phi) is 3.87. The number of hydrogen-bond donors (Lipinski definition) is 1. The molecule has 6 heteroatoms. The van der Waals surface area contributed by atoms with Gasteiger partial charge in [0.25, 0.3) is 10.0 Å². The molecular weight excluding hydrogens is 256 g/mol. The van der Waals surface area contributed by atoms with Gasteiger partial charge in [-0.2, -0.15) is 4.31 Å². The van der Waals surface area contributed by atoms with Crippen LogP contribution in [0, 0.1) is 6.92 Å². The van der Waals surface area contributed by atoms with Gasteiger partial charge < -0.3 is 5.32 Å². The molecule has 0 spiro atoms. The molecule has 0 bridgehead atoms. The molecule has 0 amide bonds. The molecule has 0 aliphatic carbocycles. The number of likely N-dealkylation sites (N-methyl/N-ethyl adjacent to an activating group) is 1. The molecule has 2 rings (SSSR count). The second-order valence-electron chi connectivity index (χ2n) is 4.44. The number of nitrogens with one attached hydrogen (secondary N) is 1. The molecule has 0 saturated carbocycles. The third-order valence-corrected chi connectivity index (χ3v) is 6.31. The molecule has 96 valence electrons. The summed E-state index contributed by atoms with van der Waals surface area (Å²) in [5.74, 6) is 0. The number of thiophene rings is 1. The molecule has 1 fully saturated rings. The van der Waals surface area contributed by atoms with Gasteiger partial charge in [0.2, 0.25) is 0 Å². The summed E-state index contributed by atoms with van der Waals surface area (Å²) in [6.45, 7) is 3.47. The van der Waals surface area contributed by atoms with Crippen LogP contribution in [-0.4, -0.2) is 38.9 Å². The number of sulfonamides is 1. The van der Waals surface area contributed by atoms with Crippen molar-refractivity contribution in [3.8, 4) is 0 Å². The molecule has 1 unspecified atom stereocenters. The average Bonchev–Trinajstić information content (AvgIpc) is 2.89. The first kappa shape index (κ1) is 13.0. The van der Waals surface area contributed by atoms with Gasteiger partial charge in [0.15, 0.2) is 0 Å². The molecule has 17 heavy (non-hydrogen) atoms. The van der Waals surface area contributed by atoms with E-state index in [1.807, 2.05) is 13.0 Å². The summed E-state index contributed by atoms with van der Waals surface area (Å²) in [6.07, 6.45) is 2.19. The van der Waals surface area contributed by atoms with Gasteiger partial charge >= 0.3 is 0 Å². The molecular formula is C11H18N2O2S2. The van der Waals surface area contributed by atoms with Crippen molar-refractivity contribution in [3.05, 3.63) is 17.0 Å². The number of hydrogen-bond acceptors (Lipinski definition) is 4. The monoisotopic (exact) mass is 274 g/mol. The van der Waals surface area contributed by atoms with Crippen LogP contribution in [-0.2, 0) is 10.0 Å². The van der Waals surface area contributed by atoms with E-state index in [1.54, 1.807) is 13.1 Å². The molecule has 1 aliphatic rings. The smallest absolute Gasteiger partial charge is 0.252 e. The highest BCUT2D eigenvalue weighted by Crippen LogP contribution is 2.24. The zero-order valence-corrected chi connectivity index (χ0v) is 11.8. The standard InChI is InChI=1S/C11H18N2O2S2/c1-9-5-6-11(16-9)17(14,15)13(2)8-10-4-3-7-12-10/h5-6,10,12H,3-4,7-8H2,1-2H3. The first-order valence-electron chi connectivity index (χ1n) is 5.76. The summed E-state index contributed by atoms with van der Waals surface area (Å²) in [5, 5.41) is 3.31. The SMILES string of the molecule is Cc1ccc(S(=O)(=O)N(C)CC2CCCN2)s1. The van der Waals surface area contributed by atoms with Gasteiger partial charge in [-0.15, -0.1) is 11.3 Å². The summed E-state index contributed by atoms with van der Waals surface area (Å²) < 4.78 is 26.4. The zero-order valence-electron chi connectivity index (χ0n) is 10.1. The van der Waals surface area contributed by atoms with Crippen LogP contribution < -0.4 is 5.32 Å². The molecule has 1 aromatic heterocycles. The molecule has 1 N–H and O–H groups in total. The van der Waals surface area contributed by atoms with Gasteiger partial charge in [0.05, 0.1) is 0 Å². The Morgan fingerprint density at radius 3 is 2.82 bits per heavy atom. The third kappa shape index (κ3) is 2.88. The quantitative estimate of drug-likeness (QED) is 0.903. The van der Waals surface area contributed by atoms with E-state index < -0.39 is 10.0 Å². The average molecular weight is 274 g/mol. The van der Waals surface area contributed by atoms with E-state index in [1.165, 1.54) is 15.6 Å². The Morgan fingerprint density at radius 2 is 2.29 bits per heavy atom. The van der Waals surface area contributed by atoms with Crippen molar-refractivity contribution in [1.82, 2.24) is 9.62 Å². The fraction of sp³-hybridized carbons (Fsp3) is 0.636. The van der Waals surface area contributed by atoms with E-state index in [0.717, 1.165) is 24.3 Å². The second kappa shape index (κ2) is 5.06. The maximum Gasteiger partial charge on any atom is 0.252 e. The lowest BCUT2D eigenvalue weighted by Gasteiger charge is -2.20. The highest BCUT2D eigenvalue weighted by Gasteiger charge is 2.26. The van der Waals surface area contributed by atoms with Crippen molar-refractivity contribution < 1.29 is 8.42 Å². The van der Waals surface area contributed by atoms with Crippen LogP contribution in [0.15, 0.2) is 16.3 Å². The molecule has 1 aromatic rings. The molecule has 4 nitrogen and oxygen atoms in total. The minimum absolute atomic E-state index is 0.302. The van der Waals surface area contributed by atoms with Crippen molar-refractivity contribution >= 4 is 21.4 Å². The summed E-state index contributed by atoms with van der Waals surface area (Å²) in [6, 6.07) is 3.84. The summed E-state index contributed by atoms with van der Waals surface area (Å²) in [4.78, 5) is 1.02. The van der Waals surface area contributed by atoms with Gasteiger partial charge in [-0.1, -0.05) is 0 Å².